The third-order valence-electron chi connectivity index (χ3n) is 5.29. The van der Waals surface area contributed by atoms with Gasteiger partial charge in [-0.25, -0.2) is 0 Å². The first-order chi connectivity index (χ1) is 14.3. The van der Waals surface area contributed by atoms with E-state index < -0.39 is 17.7 Å². The number of thiophene rings is 1. The minimum atomic E-state index is -0.689. The zero-order chi connectivity index (χ0) is 21.5. The van der Waals surface area contributed by atoms with Crippen molar-refractivity contribution in [1.82, 2.24) is 4.90 Å². The van der Waals surface area contributed by atoms with Gasteiger partial charge in [-0.05, 0) is 40.1 Å². The Labute approximate surface area is 179 Å². The Kier molecular flexibility index (Phi) is 5.12. The van der Waals surface area contributed by atoms with E-state index >= 15 is 0 Å². The van der Waals surface area contributed by atoms with Crippen LogP contribution < -0.4 is 0 Å². The summed E-state index contributed by atoms with van der Waals surface area (Å²) in [4.78, 5) is 28.1. The van der Waals surface area contributed by atoms with Gasteiger partial charge < -0.3 is 14.4 Å². The molecule has 6 heteroatoms. The summed E-state index contributed by atoms with van der Waals surface area (Å²) < 4.78 is 5.42. The fourth-order valence-electron chi connectivity index (χ4n) is 3.67. The second kappa shape index (κ2) is 7.61. The maximum atomic E-state index is 13.2. The fraction of sp³-hybridized carbons (Fsp3) is 0.250. The fourth-order valence-corrected chi connectivity index (χ4v) is 4.35. The molecule has 1 N–H and O–H groups in total. The topological polar surface area (TPSA) is 70.8 Å². The lowest BCUT2D eigenvalue weighted by Crippen LogP contribution is -2.30. The molecule has 1 aliphatic heterocycles. The highest BCUT2D eigenvalue weighted by Gasteiger charge is 2.44. The van der Waals surface area contributed by atoms with Gasteiger partial charge in [0, 0.05) is 0 Å². The Balaban J connectivity index is 1.79. The van der Waals surface area contributed by atoms with E-state index in [4.69, 9.17) is 4.42 Å². The molecule has 4 rings (SSSR count). The van der Waals surface area contributed by atoms with Gasteiger partial charge in [-0.2, -0.15) is 0 Å². The first-order valence-corrected chi connectivity index (χ1v) is 10.6. The molecule has 0 fully saturated rings. The molecule has 0 saturated heterocycles. The Bertz CT molecular complexity index is 1090. The number of furan rings is 1. The predicted octanol–water partition coefficient (Wildman–Crippen LogP) is 5.42. The molecule has 1 aromatic carbocycles. The molecule has 1 atom stereocenters. The number of aliphatic hydroxyl groups is 1. The number of Topliss-reactive ketones (excluding diaryl/α,β-unsaturated/α-hetero) is 1. The standard InChI is InChI=1S/C24H23NO4S/c1-24(2,3)16-10-8-15(9-11-16)20-19(21(26)18-7-5-13-30-18)22(27)23(28)25(20)14-17-6-4-12-29-17/h4-13,20,27H,14H2,1-3H3. The quantitative estimate of drug-likeness (QED) is 0.559. The van der Waals surface area contributed by atoms with Gasteiger partial charge >= 0.3 is 0 Å². The van der Waals surface area contributed by atoms with Gasteiger partial charge in [0.25, 0.3) is 5.91 Å². The number of amides is 1. The minimum Gasteiger partial charge on any atom is -0.503 e. The summed E-state index contributed by atoms with van der Waals surface area (Å²) in [6.45, 7) is 6.54. The highest BCUT2D eigenvalue weighted by atomic mass is 32.1. The van der Waals surface area contributed by atoms with Gasteiger partial charge in [-0.1, -0.05) is 51.1 Å². The number of benzene rings is 1. The average Bonchev–Trinajstić information content (AvgIpc) is 3.46. The van der Waals surface area contributed by atoms with Crippen LogP contribution in [0.4, 0.5) is 0 Å². The lowest BCUT2D eigenvalue weighted by molar-refractivity contribution is -0.130. The third kappa shape index (κ3) is 3.59. The van der Waals surface area contributed by atoms with Crippen molar-refractivity contribution in [2.24, 2.45) is 0 Å². The van der Waals surface area contributed by atoms with Gasteiger partial charge in [0.1, 0.15) is 5.76 Å². The molecule has 0 saturated carbocycles. The zero-order valence-corrected chi connectivity index (χ0v) is 17.9. The van der Waals surface area contributed by atoms with Crippen LogP contribution in [0, 0.1) is 0 Å². The summed E-state index contributed by atoms with van der Waals surface area (Å²) >= 11 is 1.29. The van der Waals surface area contributed by atoms with Crippen LogP contribution in [-0.4, -0.2) is 21.7 Å². The third-order valence-corrected chi connectivity index (χ3v) is 6.16. The molecule has 0 spiro atoms. The molecule has 3 aromatic rings. The van der Waals surface area contributed by atoms with Gasteiger partial charge in [-0.15, -0.1) is 11.3 Å². The van der Waals surface area contributed by atoms with Gasteiger partial charge in [0.15, 0.2) is 5.76 Å². The molecule has 30 heavy (non-hydrogen) atoms. The molecule has 5 nitrogen and oxygen atoms in total. The van der Waals surface area contributed by atoms with E-state index in [0.717, 1.165) is 11.1 Å². The van der Waals surface area contributed by atoms with E-state index in [-0.39, 0.29) is 23.3 Å². The number of hydrogen-bond acceptors (Lipinski definition) is 5. The molecule has 1 amide bonds. The monoisotopic (exact) mass is 421 g/mol. The van der Waals surface area contributed by atoms with E-state index in [9.17, 15) is 14.7 Å². The molecule has 2 aromatic heterocycles. The van der Waals surface area contributed by atoms with Gasteiger partial charge in [0.2, 0.25) is 5.78 Å². The minimum absolute atomic E-state index is 0.0223. The van der Waals surface area contributed by atoms with Crippen molar-refractivity contribution in [1.29, 1.82) is 0 Å². The molecule has 1 aliphatic rings. The van der Waals surface area contributed by atoms with Crippen molar-refractivity contribution < 1.29 is 19.1 Å². The summed E-state index contributed by atoms with van der Waals surface area (Å²) in [5, 5.41) is 12.5. The number of nitrogens with zero attached hydrogens (tertiary/aromatic N) is 1. The van der Waals surface area contributed by atoms with Crippen molar-refractivity contribution in [3.63, 3.8) is 0 Å². The summed E-state index contributed by atoms with van der Waals surface area (Å²) in [5.41, 5.74) is 2.00. The van der Waals surface area contributed by atoms with Crippen LogP contribution in [0.15, 0.2) is 75.9 Å². The van der Waals surface area contributed by atoms with E-state index in [1.165, 1.54) is 22.5 Å². The second-order valence-electron chi connectivity index (χ2n) is 8.36. The Morgan fingerprint density at radius 3 is 2.43 bits per heavy atom. The number of ketones is 1. The summed E-state index contributed by atoms with van der Waals surface area (Å²) in [7, 11) is 0. The number of hydrogen-bond donors (Lipinski definition) is 1. The molecular weight excluding hydrogens is 398 g/mol. The van der Waals surface area contributed by atoms with Crippen LogP contribution in [0.3, 0.4) is 0 Å². The molecule has 154 valence electrons. The van der Waals surface area contributed by atoms with Crippen molar-refractivity contribution in [3.05, 3.63) is 93.3 Å². The first kappa shape index (κ1) is 20.2. The number of aliphatic hydroxyl groups excluding tert-OH is 1. The predicted molar refractivity (Wildman–Crippen MR) is 115 cm³/mol. The molecule has 3 heterocycles. The van der Waals surface area contributed by atoms with Crippen molar-refractivity contribution in [2.75, 3.05) is 0 Å². The second-order valence-corrected chi connectivity index (χ2v) is 9.30. The molecule has 1 unspecified atom stereocenters. The molecule has 0 aliphatic carbocycles. The zero-order valence-electron chi connectivity index (χ0n) is 17.1. The van der Waals surface area contributed by atoms with Crippen LogP contribution in [-0.2, 0) is 16.8 Å². The maximum absolute atomic E-state index is 13.2. The van der Waals surface area contributed by atoms with Crippen LogP contribution in [0.2, 0.25) is 0 Å². The van der Waals surface area contributed by atoms with E-state index in [2.05, 4.69) is 20.8 Å². The number of carbonyl (C=O) groups is 2. The Hall–Kier alpha value is -3.12. The van der Waals surface area contributed by atoms with Crippen molar-refractivity contribution in [3.8, 4) is 0 Å². The molecular formula is C24H23NO4S. The highest BCUT2D eigenvalue weighted by Crippen LogP contribution is 2.41. The van der Waals surface area contributed by atoms with Crippen molar-refractivity contribution >= 4 is 23.0 Å². The van der Waals surface area contributed by atoms with E-state index in [1.54, 1.807) is 29.6 Å². The lowest BCUT2D eigenvalue weighted by atomic mass is 9.85. The first-order valence-electron chi connectivity index (χ1n) is 9.72. The lowest BCUT2D eigenvalue weighted by Gasteiger charge is -2.27. The SMILES string of the molecule is CC(C)(C)c1ccc(C2C(C(=O)c3cccs3)=C(O)C(=O)N2Cc2ccco2)cc1. The summed E-state index contributed by atoms with van der Waals surface area (Å²) in [6.07, 6.45) is 1.54. The Morgan fingerprint density at radius 2 is 1.87 bits per heavy atom. The van der Waals surface area contributed by atoms with E-state index in [0.29, 0.717) is 10.6 Å². The Morgan fingerprint density at radius 1 is 1.13 bits per heavy atom. The highest BCUT2D eigenvalue weighted by molar-refractivity contribution is 7.12. The van der Waals surface area contributed by atoms with Crippen LogP contribution >= 0.6 is 11.3 Å². The van der Waals surface area contributed by atoms with Gasteiger partial charge in [-0.3, -0.25) is 9.59 Å². The smallest absolute Gasteiger partial charge is 0.290 e. The maximum Gasteiger partial charge on any atom is 0.290 e. The number of rotatable bonds is 5. The van der Waals surface area contributed by atoms with Crippen LogP contribution in [0.25, 0.3) is 0 Å². The van der Waals surface area contributed by atoms with Crippen LogP contribution in [0.1, 0.15) is 53.4 Å². The van der Waals surface area contributed by atoms with E-state index in [1.807, 2.05) is 24.3 Å². The average molecular weight is 422 g/mol. The largest absolute Gasteiger partial charge is 0.503 e. The van der Waals surface area contributed by atoms with Crippen molar-refractivity contribution in [2.45, 2.75) is 38.8 Å². The summed E-state index contributed by atoms with van der Waals surface area (Å²) in [5.74, 6) is -0.818. The number of carbonyl (C=O) groups excluding carboxylic acids is 2. The normalized spacial score (nSPS) is 17.1. The van der Waals surface area contributed by atoms with Crippen LogP contribution in [0.5, 0.6) is 0 Å². The van der Waals surface area contributed by atoms with Gasteiger partial charge in [0.05, 0.1) is 29.3 Å². The molecule has 0 bridgehead atoms. The summed E-state index contributed by atoms with van der Waals surface area (Å²) in [6, 6.07) is 14.2. The molecule has 0 radical (unpaired) electrons.